The number of carbonyl (C=O) groups excluding carboxylic acids is 1. The van der Waals surface area contributed by atoms with E-state index in [1.165, 1.54) is 37.7 Å². The van der Waals surface area contributed by atoms with Crippen molar-refractivity contribution in [2.24, 2.45) is 0 Å². The number of amides is 1. The molecule has 0 aliphatic carbocycles. The van der Waals surface area contributed by atoms with E-state index >= 15 is 0 Å². The zero-order valence-corrected chi connectivity index (χ0v) is 19.2. The second-order valence-electron chi connectivity index (χ2n) is 9.47. The summed E-state index contributed by atoms with van der Waals surface area (Å²) in [6.45, 7) is 10.0. The molecule has 1 aromatic carbocycles. The summed E-state index contributed by atoms with van der Waals surface area (Å²) in [6.07, 6.45) is 9.74. The summed E-state index contributed by atoms with van der Waals surface area (Å²) in [4.78, 5) is 15.2. The predicted molar refractivity (Wildman–Crippen MR) is 121 cm³/mol. The largest absolute Gasteiger partial charge is 0.486 e. The van der Waals surface area contributed by atoms with Crippen molar-refractivity contribution < 1.29 is 14.3 Å². The van der Waals surface area contributed by atoms with Gasteiger partial charge in [0.15, 0.2) is 11.5 Å². The van der Waals surface area contributed by atoms with Crippen molar-refractivity contribution in [2.45, 2.75) is 90.1 Å². The standard InChI is InChI=1S/C25H40N2O3/c1-4-5-6-7-8-10-24(28)26-21(19-27-14-9-13-25(27,2)3)17-20-11-12-22-23(18-20)30-16-15-29-22/h11-12,18,21H,4-10,13-17,19H2,1-3H3,(H,26,28). The molecule has 0 bridgehead atoms. The van der Waals surface area contributed by atoms with Gasteiger partial charge in [-0.1, -0.05) is 38.7 Å². The zero-order valence-electron chi connectivity index (χ0n) is 19.2. The second kappa shape index (κ2) is 11.0. The average molecular weight is 417 g/mol. The Morgan fingerprint density at radius 3 is 2.63 bits per heavy atom. The molecule has 2 aliphatic heterocycles. The fourth-order valence-electron chi connectivity index (χ4n) is 4.62. The minimum absolute atomic E-state index is 0.105. The first-order valence-electron chi connectivity index (χ1n) is 11.9. The summed E-state index contributed by atoms with van der Waals surface area (Å²) in [6, 6.07) is 6.28. The van der Waals surface area contributed by atoms with Crippen molar-refractivity contribution in [3.63, 3.8) is 0 Å². The van der Waals surface area contributed by atoms with Crippen LogP contribution in [0.25, 0.3) is 0 Å². The van der Waals surface area contributed by atoms with Crippen molar-refractivity contribution in [1.82, 2.24) is 10.2 Å². The van der Waals surface area contributed by atoms with Crippen molar-refractivity contribution in [3.05, 3.63) is 23.8 Å². The van der Waals surface area contributed by atoms with Crippen LogP contribution in [-0.2, 0) is 11.2 Å². The molecule has 0 saturated carbocycles. The minimum Gasteiger partial charge on any atom is -0.486 e. The maximum absolute atomic E-state index is 12.7. The van der Waals surface area contributed by atoms with Gasteiger partial charge in [-0.2, -0.15) is 0 Å². The SMILES string of the molecule is CCCCCCCC(=O)NC(Cc1ccc2c(c1)OCCO2)CN1CCCC1(C)C. The Morgan fingerprint density at radius 2 is 1.90 bits per heavy atom. The fourth-order valence-corrected chi connectivity index (χ4v) is 4.62. The van der Waals surface area contributed by atoms with Crippen molar-refractivity contribution in [2.75, 3.05) is 26.3 Å². The third kappa shape index (κ3) is 6.63. The third-order valence-corrected chi connectivity index (χ3v) is 6.47. The summed E-state index contributed by atoms with van der Waals surface area (Å²) in [7, 11) is 0. The Kier molecular flexibility index (Phi) is 8.43. The summed E-state index contributed by atoms with van der Waals surface area (Å²) in [5, 5.41) is 3.35. The Labute approximate surface area is 182 Å². The molecule has 1 fully saturated rings. The topological polar surface area (TPSA) is 50.8 Å². The van der Waals surface area contributed by atoms with E-state index in [0.29, 0.717) is 19.6 Å². The minimum atomic E-state index is 0.105. The van der Waals surface area contributed by atoms with Crippen LogP contribution in [-0.4, -0.2) is 48.7 Å². The Bertz CT molecular complexity index is 689. The summed E-state index contributed by atoms with van der Waals surface area (Å²) in [5.41, 5.74) is 1.39. The van der Waals surface area contributed by atoms with E-state index in [1.807, 2.05) is 6.07 Å². The number of hydrogen-bond acceptors (Lipinski definition) is 4. The van der Waals surface area contributed by atoms with Gasteiger partial charge >= 0.3 is 0 Å². The Balaban J connectivity index is 1.61. The van der Waals surface area contributed by atoms with Gasteiger partial charge in [-0.15, -0.1) is 0 Å². The fraction of sp³-hybridized carbons (Fsp3) is 0.720. The zero-order chi connectivity index (χ0) is 21.4. The van der Waals surface area contributed by atoms with Gasteiger partial charge < -0.3 is 14.8 Å². The number of benzene rings is 1. The van der Waals surface area contributed by atoms with Crippen LogP contribution < -0.4 is 14.8 Å². The first-order valence-corrected chi connectivity index (χ1v) is 11.9. The highest BCUT2D eigenvalue weighted by atomic mass is 16.6. The highest BCUT2D eigenvalue weighted by molar-refractivity contribution is 5.76. The van der Waals surface area contributed by atoms with E-state index in [4.69, 9.17) is 9.47 Å². The molecule has 0 radical (unpaired) electrons. The van der Waals surface area contributed by atoms with Crippen LogP contribution in [0.4, 0.5) is 0 Å². The number of fused-ring (bicyclic) bond motifs is 1. The van der Waals surface area contributed by atoms with E-state index in [9.17, 15) is 4.79 Å². The number of nitrogens with one attached hydrogen (secondary N) is 1. The molecule has 2 aliphatic rings. The van der Waals surface area contributed by atoms with Crippen LogP contribution in [0.15, 0.2) is 18.2 Å². The molecule has 0 spiro atoms. The molecule has 30 heavy (non-hydrogen) atoms. The second-order valence-corrected chi connectivity index (χ2v) is 9.47. The molecule has 1 unspecified atom stereocenters. The normalized spacial score (nSPS) is 18.9. The highest BCUT2D eigenvalue weighted by Gasteiger charge is 2.33. The van der Waals surface area contributed by atoms with E-state index in [-0.39, 0.29) is 17.5 Å². The van der Waals surface area contributed by atoms with Crippen molar-refractivity contribution in [1.29, 1.82) is 0 Å². The number of carbonyl (C=O) groups is 1. The monoisotopic (exact) mass is 416 g/mol. The molecule has 1 N–H and O–H groups in total. The molecule has 5 heteroatoms. The van der Waals surface area contributed by atoms with Gasteiger partial charge in [0.05, 0.1) is 0 Å². The Morgan fingerprint density at radius 1 is 1.13 bits per heavy atom. The highest BCUT2D eigenvalue weighted by Crippen LogP contribution is 2.32. The maximum Gasteiger partial charge on any atom is 0.220 e. The van der Waals surface area contributed by atoms with Gasteiger partial charge in [0, 0.05) is 24.5 Å². The third-order valence-electron chi connectivity index (χ3n) is 6.47. The van der Waals surface area contributed by atoms with Gasteiger partial charge in [-0.05, 0) is 63.8 Å². The van der Waals surface area contributed by atoms with Gasteiger partial charge in [-0.25, -0.2) is 0 Å². The number of unbranched alkanes of at least 4 members (excludes halogenated alkanes) is 4. The molecule has 1 atom stereocenters. The van der Waals surface area contributed by atoms with E-state index < -0.39 is 0 Å². The lowest BCUT2D eigenvalue weighted by Crippen LogP contribution is -2.49. The average Bonchev–Trinajstić information content (AvgIpc) is 3.05. The van der Waals surface area contributed by atoms with Gasteiger partial charge in [0.1, 0.15) is 13.2 Å². The molecule has 3 rings (SSSR count). The van der Waals surface area contributed by atoms with Gasteiger partial charge in [-0.3, -0.25) is 9.69 Å². The number of rotatable bonds is 11. The van der Waals surface area contributed by atoms with Gasteiger partial charge in [0.2, 0.25) is 5.91 Å². The van der Waals surface area contributed by atoms with Crippen LogP contribution in [0.1, 0.15) is 77.7 Å². The molecule has 1 amide bonds. The summed E-state index contributed by atoms with van der Waals surface area (Å²) >= 11 is 0. The number of nitrogens with zero attached hydrogens (tertiary/aromatic N) is 1. The number of ether oxygens (including phenoxy) is 2. The van der Waals surface area contributed by atoms with E-state index in [0.717, 1.165) is 43.9 Å². The molecular weight excluding hydrogens is 376 g/mol. The van der Waals surface area contributed by atoms with Crippen LogP contribution in [0.3, 0.4) is 0 Å². The van der Waals surface area contributed by atoms with E-state index in [2.05, 4.69) is 43.1 Å². The molecule has 168 valence electrons. The molecular formula is C25H40N2O3. The molecule has 0 aromatic heterocycles. The lowest BCUT2D eigenvalue weighted by molar-refractivity contribution is -0.122. The smallest absolute Gasteiger partial charge is 0.220 e. The van der Waals surface area contributed by atoms with Crippen molar-refractivity contribution in [3.8, 4) is 11.5 Å². The molecule has 1 saturated heterocycles. The summed E-state index contributed by atoms with van der Waals surface area (Å²) < 4.78 is 11.4. The predicted octanol–water partition coefficient (Wildman–Crippen LogP) is 4.72. The summed E-state index contributed by atoms with van der Waals surface area (Å²) in [5.74, 6) is 1.82. The quantitative estimate of drug-likeness (QED) is 0.530. The van der Waals surface area contributed by atoms with Crippen LogP contribution in [0.2, 0.25) is 0 Å². The maximum atomic E-state index is 12.7. The van der Waals surface area contributed by atoms with Crippen molar-refractivity contribution >= 4 is 5.91 Å². The lowest BCUT2D eigenvalue weighted by Gasteiger charge is -2.35. The van der Waals surface area contributed by atoms with Crippen LogP contribution >= 0.6 is 0 Å². The molecule has 5 nitrogen and oxygen atoms in total. The molecule has 2 heterocycles. The molecule has 1 aromatic rings. The first kappa shape index (κ1) is 22.9. The van der Waals surface area contributed by atoms with Crippen LogP contribution in [0, 0.1) is 0 Å². The van der Waals surface area contributed by atoms with E-state index in [1.54, 1.807) is 0 Å². The van der Waals surface area contributed by atoms with Gasteiger partial charge in [0.25, 0.3) is 0 Å². The number of hydrogen-bond donors (Lipinski definition) is 1. The first-order chi connectivity index (χ1) is 14.5. The Hall–Kier alpha value is -1.75. The number of likely N-dealkylation sites (tertiary alicyclic amines) is 1. The van der Waals surface area contributed by atoms with Crippen LogP contribution in [0.5, 0.6) is 11.5 Å². The lowest BCUT2D eigenvalue weighted by atomic mass is 9.99.